The highest BCUT2D eigenvalue weighted by Crippen LogP contribution is 2.26. The number of nitrogens with one attached hydrogen (secondary N) is 1. The van der Waals surface area contributed by atoms with E-state index in [1.807, 2.05) is 11.8 Å². The normalized spacial score (nSPS) is 18.0. The van der Waals surface area contributed by atoms with E-state index >= 15 is 0 Å². The highest BCUT2D eigenvalue weighted by atomic mass is 35.5. The zero-order chi connectivity index (χ0) is 18.8. The molecule has 1 aliphatic rings. The lowest BCUT2D eigenvalue weighted by atomic mass is 10.0. The lowest BCUT2D eigenvalue weighted by Crippen LogP contribution is -2.55. The molecular formula is C18H19ClN2O5. The van der Waals surface area contributed by atoms with E-state index in [4.69, 9.17) is 20.8 Å². The lowest BCUT2D eigenvalue weighted by molar-refractivity contribution is -0.146. The second-order valence-corrected chi connectivity index (χ2v) is 6.65. The molecule has 1 N–H and O–H groups in total. The smallest absolute Gasteiger partial charge is 0.336 e. The minimum Gasteiger partial charge on any atom is -0.469 e. The van der Waals surface area contributed by atoms with Crippen LogP contribution in [-0.2, 0) is 20.9 Å². The number of nitrogens with zero attached hydrogens (tertiary/aromatic N) is 1. The van der Waals surface area contributed by atoms with Crippen LogP contribution in [0.4, 0.5) is 0 Å². The second-order valence-electron chi connectivity index (χ2n) is 6.25. The molecule has 1 fully saturated rings. The molecule has 0 bridgehead atoms. The number of aryl methyl sites for hydroxylation is 1. The van der Waals surface area contributed by atoms with Crippen LogP contribution >= 0.6 is 11.6 Å². The van der Waals surface area contributed by atoms with Crippen molar-refractivity contribution in [1.82, 2.24) is 10.2 Å². The molecule has 0 saturated carbocycles. The van der Waals surface area contributed by atoms with Crippen molar-refractivity contribution in [3.63, 3.8) is 0 Å². The van der Waals surface area contributed by atoms with Crippen molar-refractivity contribution < 1.29 is 18.7 Å². The van der Waals surface area contributed by atoms with Gasteiger partial charge in [0.2, 0.25) is 5.91 Å². The van der Waals surface area contributed by atoms with Crippen molar-refractivity contribution in [3.8, 4) is 0 Å². The summed E-state index contributed by atoms with van der Waals surface area (Å²) >= 11 is 6.22. The molecule has 2 heterocycles. The Labute approximate surface area is 154 Å². The number of esters is 1. The summed E-state index contributed by atoms with van der Waals surface area (Å²) in [4.78, 5) is 37.7. The Hall–Kier alpha value is -2.38. The third kappa shape index (κ3) is 3.73. The summed E-state index contributed by atoms with van der Waals surface area (Å²) in [6.45, 7) is 3.16. The van der Waals surface area contributed by atoms with Gasteiger partial charge in [0, 0.05) is 36.1 Å². The van der Waals surface area contributed by atoms with Crippen LogP contribution in [0.15, 0.2) is 27.4 Å². The van der Waals surface area contributed by atoms with Crippen molar-refractivity contribution in [3.05, 3.63) is 44.8 Å². The largest absolute Gasteiger partial charge is 0.469 e. The van der Waals surface area contributed by atoms with Gasteiger partial charge in [0.1, 0.15) is 11.6 Å². The third-order valence-corrected chi connectivity index (χ3v) is 4.92. The average Bonchev–Trinajstić information content (AvgIpc) is 2.59. The van der Waals surface area contributed by atoms with Gasteiger partial charge in [-0.3, -0.25) is 14.5 Å². The molecule has 0 radical (unpaired) electrons. The van der Waals surface area contributed by atoms with E-state index in [9.17, 15) is 14.4 Å². The monoisotopic (exact) mass is 378 g/mol. The Balaban J connectivity index is 1.98. The number of fused-ring (bicyclic) bond motifs is 1. The number of amides is 1. The SMILES string of the molecule is COC(=O)CC1C(=O)NCCN1Cc1cc(=O)oc2cc(C)c(Cl)cc12. The summed E-state index contributed by atoms with van der Waals surface area (Å²) in [6.07, 6.45) is -0.0540. The van der Waals surface area contributed by atoms with Crippen molar-refractivity contribution in [2.75, 3.05) is 20.2 Å². The zero-order valence-corrected chi connectivity index (χ0v) is 15.3. The van der Waals surface area contributed by atoms with Gasteiger partial charge < -0.3 is 14.5 Å². The number of ether oxygens (including phenoxy) is 1. The molecule has 7 nitrogen and oxygen atoms in total. The number of hydrogen-bond acceptors (Lipinski definition) is 6. The number of rotatable bonds is 4. The lowest BCUT2D eigenvalue weighted by Gasteiger charge is -2.34. The fourth-order valence-electron chi connectivity index (χ4n) is 3.11. The number of halogens is 1. The topological polar surface area (TPSA) is 88.9 Å². The molecule has 1 amide bonds. The van der Waals surface area contributed by atoms with Crippen LogP contribution in [0.5, 0.6) is 0 Å². The predicted molar refractivity (Wildman–Crippen MR) is 96.1 cm³/mol. The molecule has 1 aliphatic heterocycles. The van der Waals surface area contributed by atoms with E-state index in [1.54, 1.807) is 12.1 Å². The van der Waals surface area contributed by atoms with Gasteiger partial charge in [-0.2, -0.15) is 0 Å². The van der Waals surface area contributed by atoms with E-state index in [0.717, 1.165) is 5.56 Å². The number of piperazine rings is 1. The summed E-state index contributed by atoms with van der Waals surface area (Å²) in [5.74, 6) is -0.698. The average molecular weight is 379 g/mol. The number of carbonyl (C=O) groups excluding carboxylic acids is 2. The van der Waals surface area contributed by atoms with Crippen molar-refractivity contribution >= 4 is 34.4 Å². The summed E-state index contributed by atoms with van der Waals surface area (Å²) in [6, 6.07) is 4.22. The molecule has 0 aliphatic carbocycles. The van der Waals surface area contributed by atoms with E-state index in [0.29, 0.717) is 41.2 Å². The van der Waals surface area contributed by atoms with Gasteiger partial charge in [0.15, 0.2) is 0 Å². The van der Waals surface area contributed by atoms with E-state index in [1.165, 1.54) is 13.2 Å². The van der Waals surface area contributed by atoms with Crippen molar-refractivity contribution in [2.45, 2.75) is 25.9 Å². The minimum atomic E-state index is -0.653. The molecular weight excluding hydrogens is 360 g/mol. The van der Waals surface area contributed by atoms with Crippen LogP contribution in [-0.4, -0.2) is 43.0 Å². The Kier molecular flexibility index (Phi) is 5.29. The molecule has 1 aromatic heterocycles. The van der Waals surface area contributed by atoms with Crippen LogP contribution in [0.1, 0.15) is 17.5 Å². The van der Waals surface area contributed by atoms with E-state index in [-0.39, 0.29) is 12.3 Å². The van der Waals surface area contributed by atoms with E-state index < -0.39 is 17.6 Å². The molecule has 3 rings (SSSR count). The Morgan fingerprint density at radius 1 is 1.38 bits per heavy atom. The van der Waals surface area contributed by atoms with Gasteiger partial charge in [-0.25, -0.2) is 4.79 Å². The van der Waals surface area contributed by atoms with Gasteiger partial charge in [-0.1, -0.05) is 11.6 Å². The maximum Gasteiger partial charge on any atom is 0.336 e. The van der Waals surface area contributed by atoms with Crippen LogP contribution in [0.2, 0.25) is 5.02 Å². The fraction of sp³-hybridized carbons (Fsp3) is 0.389. The standard InChI is InChI=1S/C18H19ClN2O5/c1-10-5-15-12(7-13(10)19)11(6-17(23)26-15)9-21-4-3-20-18(24)14(21)8-16(22)25-2/h5-7,14H,3-4,8-9H2,1-2H3,(H,20,24). The minimum absolute atomic E-state index is 0.0540. The van der Waals surface area contributed by atoms with Gasteiger partial charge >= 0.3 is 11.6 Å². The summed E-state index contributed by atoms with van der Waals surface area (Å²) < 4.78 is 9.96. The first-order chi connectivity index (χ1) is 12.4. The molecule has 8 heteroatoms. The molecule has 0 spiro atoms. The van der Waals surface area contributed by atoms with Crippen LogP contribution in [0.3, 0.4) is 0 Å². The van der Waals surface area contributed by atoms with Crippen molar-refractivity contribution in [2.24, 2.45) is 0 Å². The number of methoxy groups -OCH3 is 1. The first-order valence-electron chi connectivity index (χ1n) is 8.20. The molecule has 26 heavy (non-hydrogen) atoms. The van der Waals surface area contributed by atoms with Crippen LogP contribution in [0, 0.1) is 6.92 Å². The number of hydrogen-bond donors (Lipinski definition) is 1. The van der Waals surface area contributed by atoms with Crippen LogP contribution < -0.4 is 10.9 Å². The molecule has 1 aromatic carbocycles. The highest BCUT2D eigenvalue weighted by molar-refractivity contribution is 6.32. The quantitative estimate of drug-likeness (QED) is 0.642. The maximum absolute atomic E-state index is 12.2. The van der Waals surface area contributed by atoms with Crippen LogP contribution in [0.25, 0.3) is 11.0 Å². The van der Waals surface area contributed by atoms with Gasteiger partial charge in [0.25, 0.3) is 0 Å². The summed E-state index contributed by atoms with van der Waals surface area (Å²) in [5, 5.41) is 4.03. The molecule has 2 aromatic rings. The van der Waals surface area contributed by atoms with E-state index in [2.05, 4.69) is 5.32 Å². The molecule has 1 unspecified atom stereocenters. The third-order valence-electron chi connectivity index (χ3n) is 4.51. The summed E-state index contributed by atoms with van der Waals surface area (Å²) in [7, 11) is 1.29. The first kappa shape index (κ1) is 18.4. The van der Waals surface area contributed by atoms with Gasteiger partial charge in [-0.05, 0) is 30.2 Å². The number of benzene rings is 1. The zero-order valence-electron chi connectivity index (χ0n) is 14.5. The Bertz CT molecular complexity index is 924. The van der Waals surface area contributed by atoms with Gasteiger partial charge in [-0.15, -0.1) is 0 Å². The first-order valence-corrected chi connectivity index (χ1v) is 8.58. The van der Waals surface area contributed by atoms with Crippen molar-refractivity contribution in [1.29, 1.82) is 0 Å². The predicted octanol–water partition coefficient (Wildman–Crippen LogP) is 1.62. The second kappa shape index (κ2) is 7.47. The number of carbonyl (C=O) groups is 2. The Morgan fingerprint density at radius 2 is 2.15 bits per heavy atom. The van der Waals surface area contributed by atoms with Gasteiger partial charge in [0.05, 0.1) is 13.5 Å². The summed E-state index contributed by atoms with van der Waals surface area (Å²) in [5.41, 5.74) is 1.48. The fourth-order valence-corrected chi connectivity index (χ4v) is 3.28. The molecule has 138 valence electrons. The molecule has 1 saturated heterocycles. The highest BCUT2D eigenvalue weighted by Gasteiger charge is 2.32. The maximum atomic E-state index is 12.2. The molecule has 1 atom stereocenters. The Morgan fingerprint density at radius 3 is 2.88 bits per heavy atom.